The molecule has 2 saturated heterocycles. The molecule has 9 heteroatoms. The van der Waals surface area contributed by atoms with E-state index in [0.717, 1.165) is 57.0 Å². The molecule has 2 N–H and O–H groups in total. The Labute approximate surface area is 189 Å². The molecule has 2 aromatic rings. The molecule has 9 nitrogen and oxygen atoms in total. The van der Waals surface area contributed by atoms with Crippen molar-refractivity contribution < 1.29 is 4.74 Å². The number of ether oxygens (including phenoxy) is 1. The number of hydrazine groups is 1. The Kier molecular flexibility index (Phi) is 5.07. The first-order valence-corrected chi connectivity index (χ1v) is 12.1. The maximum Gasteiger partial charge on any atom is 0.132 e. The quantitative estimate of drug-likeness (QED) is 0.731. The number of nitrogens with one attached hydrogen (secondary N) is 2. The van der Waals surface area contributed by atoms with Crippen LogP contribution in [0.1, 0.15) is 50.8 Å². The fourth-order valence-corrected chi connectivity index (χ4v) is 5.58. The zero-order chi connectivity index (χ0) is 21.7. The van der Waals surface area contributed by atoms with E-state index in [-0.39, 0.29) is 11.6 Å². The fraction of sp³-hybridized carbons (Fsp3) is 0.696. The van der Waals surface area contributed by atoms with Crippen LogP contribution >= 0.6 is 0 Å². The van der Waals surface area contributed by atoms with E-state index in [2.05, 4.69) is 54.9 Å². The van der Waals surface area contributed by atoms with Gasteiger partial charge in [0, 0.05) is 57.4 Å². The zero-order valence-electron chi connectivity index (χ0n) is 19.1. The average Bonchev–Trinajstić information content (AvgIpc) is 3.19. The number of piperazine rings is 1. The predicted octanol–water partition coefficient (Wildman–Crippen LogP) is 1.79. The van der Waals surface area contributed by atoms with Crippen LogP contribution in [0.5, 0.6) is 0 Å². The van der Waals surface area contributed by atoms with Crippen molar-refractivity contribution in [3.05, 3.63) is 30.5 Å². The number of anilines is 2. The Morgan fingerprint density at radius 2 is 1.88 bits per heavy atom. The normalized spacial score (nSPS) is 31.6. The van der Waals surface area contributed by atoms with Crippen molar-refractivity contribution in [3.63, 3.8) is 0 Å². The molecule has 2 aromatic heterocycles. The molecule has 2 aliphatic heterocycles. The first kappa shape index (κ1) is 20.4. The number of hydrogen-bond acceptors (Lipinski definition) is 8. The van der Waals surface area contributed by atoms with Crippen LogP contribution < -0.4 is 20.7 Å². The summed E-state index contributed by atoms with van der Waals surface area (Å²) in [4.78, 5) is 14.1. The van der Waals surface area contributed by atoms with Crippen molar-refractivity contribution in [2.24, 2.45) is 13.0 Å². The molecule has 0 spiro atoms. The Morgan fingerprint density at radius 1 is 1.06 bits per heavy atom. The van der Waals surface area contributed by atoms with Crippen molar-refractivity contribution in [2.45, 2.75) is 62.8 Å². The summed E-state index contributed by atoms with van der Waals surface area (Å²) >= 11 is 0. The summed E-state index contributed by atoms with van der Waals surface area (Å²) in [6.45, 7) is 6.09. The van der Waals surface area contributed by atoms with E-state index in [4.69, 9.17) is 4.74 Å². The van der Waals surface area contributed by atoms with Crippen LogP contribution in [0.3, 0.4) is 0 Å². The number of rotatable bonds is 5. The SMILES string of the molecule is Cn1cc(N2CCN(c3cc(C4NNC5CCC(OC6(C)CC6)CC54)ncn3)CC2)cn1. The van der Waals surface area contributed by atoms with Gasteiger partial charge in [0.25, 0.3) is 0 Å². The van der Waals surface area contributed by atoms with Gasteiger partial charge in [-0.3, -0.25) is 10.1 Å². The van der Waals surface area contributed by atoms with Crippen molar-refractivity contribution in [3.8, 4) is 0 Å². The second kappa shape index (κ2) is 7.97. The van der Waals surface area contributed by atoms with Crippen LogP contribution in [0.15, 0.2) is 24.8 Å². The largest absolute Gasteiger partial charge is 0.372 e. The van der Waals surface area contributed by atoms with Gasteiger partial charge in [0.05, 0.1) is 35.3 Å². The van der Waals surface area contributed by atoms with E-state index in [1.54, 1.807) is 6.33 Å². The van der Waals surface area contributed by atoms with E-state index in [1.807, 2.05) is 17.9 Å². The summed E-state index contributed by atoms with van der Waals surface area (Å²) in [7, 11) is 1.96. The lowest BCUT2D eigenvalue weighted by atomic mass is 9.79. The van der Waals surface area contributed by atoms with Gasteiger partial charge in [-0.15, -0.1) is 0 Å². The zero-order valence-corrected chi connectivity index (χ0v) is 19.1. The highest BCUT2D eigenvalue weighted by molar-refractivity contribution is 5.47. The molecule has 4 fully saturated rings. The molecule has 0 amide bonds. The molecular formula is C23H34N8O. The molecule has 32 heavy (non-hydrogen) atoms. The van der Waals surface area contributed by atoms with Gasteiger partial charge < -0.3 is 14.5 Å². The van der Waals surface area contributed by atoms with Gasteiger partial charge in [-0.25, -0.2) is 15.4 Å². The van der Waals surface area contributed by atoms with E-state index >= 15 is 0 Å². The number of nitrogens with zero attached hydrogens (tertiary/aromatic N) is 6. The first-order valence-electron chi connectivity index (χ1n) is 12.1. The minimum Gasteiger partial charge on any atom is -0.372 e. The Balaban J connectivity index is 1.12. The third-order valence-electron chi connectivity index (χ3n) is 7.76. The molecule has 4 unspecified atom stereocenters. The molecule has 0 aromatic carbocycles. The van der Waals surface area contributed by atoms with Crippen LogP contribution in [-0.2, 0) is 11.8 Å². The summed E-state index contributed by atoms with van der Waals surface area (Å²) in [6, 6.07) is 2.89. The highest BCUT2D eigenvalue weighted by Crippen LogP contribution is 2.45. The van der Waals surface area contributed by atoms with Crippen LogP contribution in [0.2, 0.25) is 0 Å². The van der Waals surface area contributed by atoms with Gasteiger partial charge in [-0.05, 0) is 39.0 Å². The molecule has 4 atom stereocenters. The highest BCUT2D eigenvalue weighted by Gasteiger charge is 2.46. The van der Waals surface area contributed by atoms with E-state index in [0.29, 0.717) is 18.1 Å². The van der Waals surface area contributed by atoms with Crippen LogP contribution in [0.25, 0.3) is 0 Å². The maximum absolute atomic E-state index is 6.44. The summed E-state index contributed by atoms with van der Waals surface area (Å²) in [6.07, 6.45) is 11.9. The third-order valence-corrected chi connectivity index (χ3v) is 7.76. The van der Waals surface area contributed by atoms with Crippen molar-refractivity contribution >= 4 is 11.5 Å². The lowest BCUT2D eigenvalue weighted by Gasteiger charge is -2.36. The third kappa shape index (κ3) is 3.97. The minimum absolute atomic E-state index is 0.145. The maximum atomic E-state index is 6.44. The standard InChI is InChI=1S/C23H34N8O/c1-23(5-6-23)32-17-3-4-19-18(11-17)22(28-27-19)20-12-21(25-15-24-20)31-9-7-30(8-10-31)16-13-26-29(2)14-16/h12-15,17-19,22,27-28H,3-11H2,1-2H3. The van der Waals surface area contributed by atoms with Gasteiger partial charge in [0.1, 0.15) is 12.1 Å². The van der Waals surface area contributed by atoms with E-state index in [1.165, 1.54) is 18.5 Å². The second-order valence-corrected chi connectivity index (χ2v) is 10.2. The number of hydrogen-bond donors (Lipinski definition) is 2. The first-order chi connectivity index (χ1) is 15.6. The average molecular weight is 439 g/mol. The van der Waals surface area contributed by atoms with Crippen LogP contribution in [0.4, 0.5) is 11.5 Å². The summed E-state index contributed by atoms with van der Waals surface area (Å²) in [5, 5.41) is 4.30. The van der Waals surface area contributed by atoms with Crippen molar-refractivity contribution in [1.29, 1.82) is 0 Å². The second-order valence-electron chi connectivity index (χ2n) is 10.2. The minimum atomic E-state index is 0.145. The van der Waals surface area contributed by atoms with Gasteiger partial charge in [-0.2, -0.15) is 5.10 Å². The summed E-state index contributed by atoms with van der Waals surface area (Å²) < 4.78 is 8.30. The number of fused-ring (bicyclic) bond motifs is 1. The Bertz CT molecular complexity index is 951. The highest BCUT2D eigenvalue weighted by atomic mass is 16.5. The summed E-state index contributed by atoms with van der Waals surface area (Å²) in [5.41, 5.74) is 9.50. The van der Waals surface area contributed by atoms with Crippen LogP contribution in [-0.4, -0.2) is 63.7 Å². The van der Waals surface area contributed by atoms with Gasteiger partial charge >= 0.3 is 0 Å². The molecule has 4 heterocycles. The molecule has 4 aliphatic rings. The fourth-order valence-electron chi connectivity index (χ4n) is 5.58. The molecule has 0 bridgehead atoms. The number of aromatic nitrogens is 4. The molecule has 6 rings (SSSR count). The van der Waals surface area contributed by atoms with E-state index in [9.17, 15) is 0 Å². The monoisotopic (exact) mass is 438 g/mol. The van der Waals surface area contributed by atoms with Gasteiger partial charge in [0.15, 0.2) is 0 Å². The summed E-state index contributed by atoms with van der Waals surface area (Å²) in [5.74, 6) is 1.53. The number of aryl methyl sites for hydroxylation is 1. The molecule has 2 aliphatic carbocycles. The predicted molar refractivity (Wildman–Crippen MR) is 122 cm³/mol. The Morgan fingerprint density at radius 3 is 2.62 bits per heavy atom. The van der Waals surface area contributed by atoms with Gasteiger partial charge in [0.2, 0.25) is 0 Å². The van der Waals surface area contributed by atoms with Crippen molar-refractivity contribution in [2.75, 3.05) is 36.0 Å². The van der Waals surface area contributed by atoms with Crippen molar-refractivity contribution in [1.82, 2.24) is 30.6 Å². The topological polar surface area (TPSA) is 83.4 Å². The smallest absolute Gasteiger partial charge is 0.132 e. The molecular weight excluding hydrogens is 404 g/mol. The van der Waals surface area contributed by atoms with E-state index < -0.39 is 0 Å². The molecule has 172 valence electrons. The van der Waals surface area contributed by atoms with Crippen LogP contribution in [0, 0.1) is 5.92 Å². The van der Waals surface area contributed by atoms with Gasteiger partial charge in [-0.1, -0.05) is 0 Å². The lowest BCUT2D eigenvalue weighted by molar-refractivity contribution is -0.0500. The molecule has 2 saturated carbocycles. The Hall–Kier alpha value is -2.23. The lowest BCUT2D eigenvalue weighted by Crippen LogP contribution is -2.46. The molecule has 0 radical (unpaired) electrons.